The van der Waals surface area contributed by atoms with Crippen molar-refractivity contribution in [3.8, 4) is 0 Å². The monoisotopic (exact) mass is 1060 g/mol. The zero-order valence-corrected chi connectivity index (χ0v) is 42.9. The van der Waals surface area contributed by atoms with E-state index in [0.717, 1.165) is 0 Å². The van der Waals surface area contributed by atoms with Crippen LogP contribution < -0.4 is 47.7 Å². The van der Waals surface area contributed by atoms with Crippen LogP contribution in [0.2, 0.25) is 0 Å². The van der Waals surface area contributed by atoms with Gasteiger partial charge in [0.05, 0.1) is 11.8 Å². The third kappa shape index (κ3) is 16.2. The van der Waals surface area contributed by atoms with Crippen LogP contribution in [-0.4, -0.2) is 11.8 Å². The molecule has 0 aliphatic heterocycles. The summed E-state index contributed by atoms with van der Waals surface area (Å²) in [6, 6.07) is 105. The summed E-state index contributed by atoms with van der Waals surface area (Å²) in [7, 11) is -1.34. The molecule has 348 valence electrons. The topological polar surface area (TPSA) is 48.2 Å². The van der Waals surface area contributed by atoms with Crippen LogP contribution in [0.25, 0.3) is 5.32 Å². The SMILES string of the molecule is CC(=O)[N-]C(=O)c1ccccc1.[Ag+].c1ccc(P(c2ccccc2)c2ccccc2)cc1.c1ccc(P(c2ccccc2)c2ccccc2)cc1.c1ccc(P(c2ccccc2)c2ccccc2)cc1. The van der Waals surface area contributed by atoms with Gasteiger partial charge in [0.1, 0.15) is 0 Å². The molecule has 0 atom stereocenters. The van der Waals surface area contributed by atoms with Crippen LogP contribution in [0.5, 0.6) is 0 Å². The standard InChI is InChI=1S/3C18H15P.C9H9NO2.Ag/c3*1-4-10-16(11-5-1)19(17-12-6-2-7-13-17)18-14-8-3-9-15-18;1-7(11)10-9(12)8-5-3-2-4-6-8;/h3*1-15H;2-6H,1H3,(H,10,11,12);/q;;;;+1/p-1. The molecule has 2 amide bonds. The van der Waals surface area contributed by atoms with Crippen molar-refractivity contribution in [2.45, 2.75) is 6.92 Å². The molecule has 3 nitrogen and oxygen atoms in total. The van der Waals surface area contributed by atoms with E-state index in [1.165, 1.54) is 54.7 Å². The second-order valence-corrected chi connectivity index (χ2v) is 22.0. The van der Waals surface area contributed by atoms with Crippen molar-refractivity contribution in [2.24, 2.45) is 0 Å². The van der Waals surface area contributed by atoms with Gasteiger partial charge in [-0.1, -0.05) is 303 Å². The molecule has 10 aromatic carbocycles. The van der Waals surface area contributed by atoms with Gasteiger partial charge >= 0.3 is 22.4 Å². The molecule has 0 aromatic heterocycles. The fraction of sp³-hybridized carbons (Fsp3) is 0.0159. The Hall–Kier alpha value is -6.63. The van der Waals surface area contributed by atoms with Crippen LogP contribution >= 0.6 is 23.8 Å². The Morgan fingerprint density at radius 2 is 0.400 bits per heavy atom. The molecular weight excluding hydrogens is 1000 g/mol. The van der Waals surface area contributed by atoms with Gasteiger partial charge in [0.15, 0.2) is 0 Å². The second-order valence-electron chi connectivity index (χ2n) is 15.3. The van der Waals surface area contributed by atoms with E-state index in [1.807, 2.05) is 0 Å². The summed E-state index contributed by atoms with van der Waals surface area (Å²) in [5.41, 5.74) is 0.438. The maximum atomic E-state index is 11.1. The first-order valence-corrected chi connectivity index (χ1v) is 26.7. The molecule has 0 unspecified atom stereocenters. The Labute approximate surface area is 433 Å². The molecule has 7 heteroatoms. The van der Waals surface area contributed by atoms with Crippen LogP contribution in [0.3, 0.4) is 0 Å². The van der Waals surface area contributed by atoms with Crippen molar-refractivity contribution in [3.63, 3.8) is 0 Å². The Kier molecular flexibility index (Phi) is 22.2. The van der Waals surface area contributed by atoms with Crippen LogP contribution in [-0.2, 0) is 27.2 Å². The quantitative estimate of drug-likeness (QED) is 0.101. The number of carbonyl (C=O) groups is 2. The van der Waals surface area contributed by atoms with Gasteiger partial charge in [-0.3, -0.25) is 0 Å². The maximum Gasteiger partial charge on any atom is 1.00 e. The number of benzene rings is 10. The minimum absolute atomic E-state index is 0. The fourth-order valence-corrected chi connectivity index (χ4v) is 14.2. The van der Waals surface area contributed by atoms with Gasteiger partial charge in [0, 0.05) is 0 Å². The summed E-state index contributed by atoms with van der Waals surface area (Å²) in [6.07, 6.45) is 0. The molecule has 0 spiro atoms. The Morgan fingerprint density at radius 1 is 0.257 bits per heavy atom. The number of rotatable bonds is 10. The van der Waals surface area contributed by atoms with E-state index >= 15 is 0 Å². The van der Waals surface area contributed by atoms with Crippen LogP contribution in [0, 0.1) is 0 Å². The number of imide groups is 1. The number of carbonyl (C=O) groups excluding carboxylic acids is 2. The molecule has 0 heterocycles. The van der Waals surface area contributed by atoms with Crippen LogP contribution in [0.1, 0.15) is 17.3 Å². The minimum Gasteiger partial charge on any atom is -0.592 e. The van der Waals surface area contributed by atoms with Crippen molar-refractivity contribution < 1.29 is 32.0 Å². The first-order valence-electron chi connectivity index (χ1n) is 22.7. The molecular formula is C63H53AgNO2P3. The van der Waals surface area contributed by atoms with Gasteiger partial charge in [-0.2, -0.15) is 0 Å². The minimum atomic E-state index is -0.483. The third-order valence-electron chi connectivity index (χ3n) is 10.4. The molecule has 0 N–H and O–H groups in total. The van der Waals surface area contributed by atoms with E-state index in [-0.39, 0.29) is 22.4 Å². The van der Waals surface area contributed by atoms with E-state index in [4.69, 9.17) is 0 Å². The number of amides is 2. The van der Waals surface area contributed by atoms with Crippen molar-refractivity contribution in [1.82, 2.24) is 0 Å². The van der Waals surface area contributed by atoms with Crippen LogP contribution in [0.15, 0.2) is 303 Å². The normalized spacial score (nSPS) is 10.2. The summed E-state index contributed by atoms with van der Waals surface area (Å²) < 4.78 is 0. The smallest absolute Gasteiger partial charge is 0.592 e. The summed E-state index contributed by atoms with van der Waals surface area (Å²) in [5.74, 6) is -0.952. The first kappa shape index (κ1) is 52.7. The summed E-state index contributed by atoms with van der Waals surface area (Å²) >= 11 is 0. The van der Waals surface area contributed by atoms with Gasteiger partial charge in [-0.15, -0.1) is 0 Å². The van der Waals surface area contributed by atoms with Gasteiger partial charge in [0.25, 0.3) is 0 Å². The fourth-order valence-electron chi connectivity index (χ4n) is 7.32. The molecule has 10 rings (SSSR count). The van der Waals surface area contributed by atoms with E-state index in [1.54, 1.807) is 30.3 Å². The average Bonchev–Trinajstić information content (AvgIpc) is 3.42. The zero-order chi connectivity index (χ0) is 47.7. The number of hydrogen-bond acceptors (Lipinski definition) is 2. The molecule has 0 saturated heterocycles. The van der Waals surface area contributed by atoms with Gasteiger partial charge in [-0.25, -0.2) is 0 Å². The molecule has 0 fully saturated rings. The van der Waals surface area contributed by atoms with Crippen molar-refractivity contribution >= 4 is 83.3 Å². The van der Waals surface area contributed by atoms with Gasteiger partial charge in [0.2, 0.25) is 0 Å². The zero-order valence-electron chi connectivity index (χ0n) is 38.8. The first-order chi connectivity index (χ1) is 34.0. The van der Waals surface area contributed by atoms with E-state index in [0.29, 0.717) is 5.56 Å². The average molecular weight is 1060 g/mol. The van der Waals surface area contributed by atoms with Crippen molar-refractivity contribution in [3.05, 3.63) is 314 Å². The molecule has 0 radical (unpaired) electrons. The molecule has 10 aromatic rings. The summed E-state index contributed by atoms with van der Waals surface area (Å²) in [4.78, 5) is 21.5. The third-order valence-corrected chi connectivity index (χ3v) is 17.7. The summed E-state index contributed by atoms with van der Waals surface area (Å²) in [5, 5.41) is 15.9. The van der Waals surface area contributed by atoms with E-state index < -0.39 is 35.6 Å². The molecule has 70 heavy (non-hydrogen) atoms. The van der Waals surface area contributed by atoms with Crippen molar-refractivity contribution in [2.75, 3.05) is 0 Å². The Morgan fingerprint density at radius 3 is 0.543 bits per heavy atom. The Bertz CT molecular complexity index is 2420. The van der Waals surface area contributed by atoms with Gasteiger partial charge < -0.3 is 14.9 Å². The molecule has 0 aliphatic rings. The Balaban J connectivity index is 0.000000155. The predicted octanol–water partition coefficient (Wildman–Crippen LogP) is 12.1. The van der Waals surface area contributed by atoms with E-state index in [9.17, 15) is 9.59 Å². The van der Waals surface area contributed by atoms with Gasteiger partial charge in [-0.05, 0) is 84.0 Å². The predicted molar refractivity (Wildman–Crippen MR) is 300 cm³/mol. The molecule has 0 bridgehead atoms. The number of nitrogens with zero attached hydrogens (tertiary/aromatic N) is 1. The molecule has 0 aliphatic carbocycles. The number of hydrogen-bond donors (Lipinski definition) is 0. The summed E-state index contributed by atoms with van der Waals surface area (Å²) in [6.45, 7) is 1.25. The maximum absolute atomic E-state index is 11.1. The van der Waals surface area contributed by atoms with E-state index in [2.05, 4.69) is 278 Å². The second kappa shape index (κ2) is 29.4. The van der Waals surface area contributed by atoms with Crippen molar-refractivity contribution in [1.29, 1.82) is 0 Å². The van der Waals surface area contributed by atoms with Crippen LogP contribution in [0.4, 0.5) is 0 Å². The molecule has 0 saturated carbocycles. The largest absolute Gasteiger partial charge is 1.00 e.